The van der Waals surface area contributed by atoms with Gasteiger partial charge in [0.15, 0.2) is 0 Å². The second-order valence-corrected chi connectivity index (χ2v) is 7.17. The van der Waals surface area contributed by atoms with Gasteiger partial charge in [-0.25, -0.2) is 0 Å². The van der Waals surface area contributed by atoms with Crippen LogP contribution < -0.4 is 5.32 Å². The average Bonchev–Trinajstić information content (AvgIpc) is 2.46. The van der Waals surface area contributed by atoms with Crippen LogP contribution in [0.1, 0.15) is 44.6 Å². The summed E-state index contributed by atoms with van der Waals surface area (Å²) in [6.07, 6.45) is 5.85. The molecule has 1 aromatic carbocycles. The topological polar surface area (TPSA) is 29.1 Å². The molecule has 1 aliphatic carbocycles. The van der Waals surface area contributed by atoms with Crippen LogP contribution in [0.5, 0.6) is 0 Å². The number of nitrogens with one attached hydrogen (secondary N) is 1. The molecular formula is C16H25NOS. The van der Waals surface area contributed by atoms with Crippen LogP contribution in [-0.4, -0.2) is 22.0 Å². The maximum atomic E-state index is 12.5. The first-order valence-electron chi connectivity index (χ1n) is 7.44. The van der Waals surface area contributed by atoms with E-state index < -0.39 is 10.8 Å². The third-order valence-corrected chi connectivity index (χ3v) is 5.62. The Hall–Kier alpha value is -0.670. The molecule has 0 bridgehead atoms. The molecule has 106 valence electrons. The maximum Gasteiger partial charge on any atom is 0.0488 e. The van der Waals surface area contributed by atoms with Crippen molar-refractivity contribution in [3.63, 3.8) is 0 Å². The second kappa shape index (κ2) is 7.81. The van der Waals surface area contributed by atoms with Gasteiger partial charge in [-0.3, -0.25) is 4.21 Å². The van der Waals surface area contributed by atoms with E-state index in [-0.39, 0.29) is 0 Å². The van der Waals surface area contributed by atoms with Gasteiger partial charge in [-0.15, -0.1) is 0 Å². The van der Waals surface area contributed by atoms with Gasteiger partial charge in [0.1, 0.15) is 0 Å². The van der Waals surface area contributed by atoms with E-state index in [1.54, 1.807) is 0 Å². The summed E-state index contributed by atoms with van der Waals surface area (Å²) < 4.78 is 12.5. The molecule has 3 unspecified atom stereocenters. The van der Waals surface area contributed by atoms with Crippen molar-refractivity contribution < 1.29 is 4.21 Å². The maximum absolute atomic E-state index is 12.5. The van der Waals surface area contributed by atoms with Crippen LogP contribution in [0.3, 0.4) is 0 Å². The minimum Gasteiger partial charge on any atom is -0.314 e. The minimum atomic E-state index is -0.724. The van der Waals surface area contributed by atoms with Crippen LogP contribution >= 0.6 is 0 Å². The van der Waals surface area contributed by atoms with Crippen molar-refractivity contribution in [2.75, 3.05) is 6.54 Å². The quantitative estimate of drug-likeness (QED) is 0.866. The largest absolute Gasteiger partial charge is 0.314 e. The highest BCUT2D eigenvalue weighted by molar-refractivity contribution is 7.84. The fraction of sp³-hybridized carbons (Fsp3) is 0.625. The number of rotatable bonds is 6. The molecule has 0 aromatic heterocycles. The summed E-state index contributed by atoms with van der Waals surface area (Å²) in [6.45, 7) is 3.28. The van der Waals surface area contributed by atoms with Gasteiger partial charge in [0, 0.05) is 27.8 Å². The van der Waals surface area contributed by atoms with Crippen molar-refractivity contribution in [3.05, 3.63) is 35.9 Å². The van der Waals surface area contributed by atoms with Gasteiger partial charge in [-0.2, -0.15) is 0 Å². The van der Waals surface area contributed by atoms with Crippen molar-refractivity contribution in [1.82, 2.24) is 5.32 Å². The monoisotopic (exact) mass is 279 g/mol. The molecule has 0 amide bonds. The van der Waals surface area contributed by atoms with Gasteiger partial charge >= 0.3 is 0 Å². The molecular weight excluding hydrogens is 254 g/mol. The lowest BCUT2D eigenvalue weighted by atomic mass is 9.95. The zero-order valence-corrected chi connectivity index (χ0v) is 12.6. The zero-order chi connectivity index (χ0) is 13.5. The van der Waals surface area contributed by atoms with E-state index in [1.807, 2.05) is 18.2 Å². The van der Waals surface area contributed by atoms with Gasteiger partial charge in [0.25, 0.3) is 0 Å². The summed E-state index contributed by atoms with van der Waals surface area (Å²) in [7, 11) is -0.724. The van der Waals surface area contributed by atoms with Crippen LogP contribution in [-0.2, 0) is 16.6 Å². The summed E-state index contributed by atoms with van der Waals surface area (Å²) in [4.78, 5) is 0. The summed E-state index contributed by atoms with van der Waals surface area (Å²) in [5, 5.41) is 3.96. The molecule has 1 aromatic rings. The Morgan fingerprint density at radius 1 is 1.26 bits per heavy atom. The number of benzene rings is 1. The molecule has 0 aliphatic heterocycles. The van der Waals surface area contributed by atoms with E-state index in [4.69, 9.17) is 0 Å². The molecule has 2 nitrogen and oxygen atoms in total. The van der Waals surface area contributed by atoms with Crippen LogP contribution in [0, 0.1) is 0 Å². The predicted octanol–water partition coefficient (Wildman–Crippen LogP) is 3.25. The summed E-state index contributed by atoms with van der Waals surface area (Å²) in [5.41, 5.74) is 1.20. The third kappa shape index (κ3) is 4.73. The van der Waals surface area contributed by atoms with Gasteiger partial charge in [0.05, 0.1) is 0 Å². The van der Waals surface area contributed by atoms with Gasteiger partial charge < -0.3 is 5.32 Å². The highest BCUT2D eigenvalue weighted by Crippen LogP contribution is 2.24. The average molecular weight is 279 g/mol. The fourth-order valence-electron chi connectivity index (χ4n) is 2.77. The third-order valence-electron chi connectivity index (χ3n) is 3.83. The molecule has 0 saturated heterocycles. The molecule has 0 spiro atoms. The molecule has 3 heteroatoms. The lowest BCUT2D eigenvalue weighted by Crippen LogP contribution is -2.38. The minimum absolute atomic E-state index is 0.378. The molecule has 1 saturated carbocycles. The van der Waals surface area contributed by atoms with E-state index in [1.165, 1.54) is 24.8 Å². The molecule has 19 heavy (non-hydrogen) atoms. The van der Waals surface area contributed by atoms with Crippen molar-refractivity contribution in [2.24, 2.45) is 0 Å². The summed E-state index contributed by atoms with van der Waals surface area (Å²) in [5.74, 6) is 0.714. The van der Waals surface area contributed by atoms with E-state index in [2.05, 4.69) is 24.4 Å². The molecule has 1 fully saturated rings. The zero-order valence-electron chi connectivity index (χ0n) is 11.8. The number of hydrogen-bond donors (Lipinski definition) is 1. The van der Waals surface area contributed by atoms with Crippen LogP contribution in [0.2, 0.25) is 0 Å². The SMILES string of the molecule is CCCNC1CCCC(S(=O)Cc2ccccc2)C1. The lowest BCUT2D eigenvalue weighted by Gasteiger charge is -2.29. The van der Waals surface area contributed by atoms with Crippen molar-refractivity contribution in [1.29, 1.82) is 0 Å². The first kappa shape index (κ1) is 14.7. The Morgan fingerprint density at radius 3 is 2.79 bits per heavy atom. The highest BCUT2D eigenvalue weighted by atomic mass is 32.2. The molecule has 0 heterocycles. The Kier molecular flexibility index (Phi) is 6.05. The Labute approximate surface area is 119 Å². The van der Waals surface area contributed by atoms with Gasteiger partial charge in [-0.05, 0) is 37.8 Å². The highest BCUT2D eigenvalue weighted by Gasteiger charge is 2.25. The predicted molar refractivity (Wildman–Crippen MR) is 82.6 cm³/mol. The first-order valence-corrected chi connectivity index (χ1v) is 8.82. The van der Waals surface area contributed by atoms with E-state index in [0.717, 1.165) is 19.4 Å². The molecule has 2 rings (SSSR count). The summed E-state index contributed by atoms with van der Waals surface area (Å²) >= 11 is 0. The van der Waals surface area contributed by atoms with E-state index in [0.29, 0.717) is 17.0 Å². The standard InChI is InChI=1S/C16H25NOS/c1-2-11-17-15-9-6-10-16(12-15)19(18)13-14-7-4-3-5-8-14/h3-5,7-8,15-17H,2,6,9-13H2,1H3. The van der Waals surface area contributed by atoms with E-state index >= 15 is 0 Å². The molecule has 1 N–H and O–H groups in total. The normalized spacial score (nSPS) is 25.1. The summed E-state index contributed by atoms with van der Waals surface area (Å²) in [6, 6.07) is 10.8. The molecule has 1 aliphatic rings. The Morgan fingerprint density at radius 2 is 2.05 bits per heavy atom. The van der Waals surface area contributed by atoms with Crippen LogP contribution in [0.25, 0.3) is 0 Å². The molecule has 3 atom stereocenters. The van der Waals surface area contributed by atoms with Crippen molar-refractivity contribution in [2.45, 2.75) is 56.1 Å². The Balaban J connectivity index is 1.85. The smallest absolute Gasteiger partial charge is 0.0488 e. The van der Waals surface area contributed by atoms with Gasteiger partial charge in [-0.1, -0.05) is 43.7 Å². The van der Waals surface area contributed by atoms with Crippen LogP contribution in [0.15, 0.2) is 30.3 Å². The lowest BCUT2D eigenvalue weighted by molar-refractivity contribution is 0.377. The van der Waals surface area contributed by atoms with Gasteiger partial charge in [0.2, 0.25) is 0 Å². The number of hydrogen-bond acceptors (Lipinski definition) is 2. The Bertz CT molecular complexity index is 393. The first-order chi connectivity index (χ1) is 9.29. The fourth-order valence-corrected chi connectivity index (χ4v) is 4.41. The van der Waals surface area contributed by atoms with Crippen molar-refractivity contribution >= 4 is 10.8 Å². The van der Waals surface area contributed by atoms with Crippen molar-refractivity contribution in [3.8, 4) is 0 Å². The second-order valence-electron chi connectivity index (χ2n) is 5.45. The van der Waals surface area contributed by atoms with E-state index in [9.17, 15) is 4.21 Å². The van der Waals surface area contributed by atoms with Crippen LogP contribution in [0.4, 0.5) is 0 Å². The molecule has 0 radical (unpaired) electrons.